The molecular formula is C28H46. The van der Waals surface area contributed by atoms with Crippen LogP contribution in [-0.2, 0) is 0 Å². The lowest BCUT2D eigenvalue weighted by Gasteiger charge is -2.67. The van der Waals surface area contributed by atoms with Gasteiger partial charge in [-0.1, -0.05) is 46.3 Å². The van der Waals surface area contributed by atoms with Gasteiger partial charge in [-0.15, -0.1) is 0 Å². The van der Waals surface area contributed by atoms with E-state index in [1.807, 2.05) is 0 Å². The molecule has 0 radical (unpaired) electrons. The highest BCUT2D eigenvalue weighted by Crippen LogP contribution is 2.76. The van der Waals surface area contributed by atoms with Gasteiger partial charge in [0.25, 0.3) is 0 Å². The van der Waals surface area contributed by atoms with E-state index in [1.165, 1.54) is 44.9 Å². The van der Waals surface area contributed by atoms with E-state index in [9.17, 15) is 0 Å². The number of hydrogen-bond acceptors (Lipinski definition) is 0. The topological polar surface area (TPSA) is 0 Å². The summed E-state index contributed by atoms with van der Waals surface area (Å²) in [7, 11) is 0. The molecule has 0 nitrogen and oxygen atoms in total. The summed E-state index contributed by atoms with van der Waals surface area (Å²) >= 11 is 0. The monoisotopic (exact) mass is 382 g/mol. The molecule has 8 unspecified atom stereocenters. The Balaban J connectivity index is 1.51. The smallest absolute Gasteiger partial charge is 0.0147 e. The van der Waals surface area contributed by atoms with E-state index >= 15 is 0 Å². The van der Waals surface area contributed by atoms with Crippen LogP contribution in [0.1, 0.15) is 111 Å². The van der Waals surface area contributed by atoms with Crippen LogP contribution in [0, 0.1) is 51.8 Å². The summed E-state index contributed by atoms with van der Waals surface area (Å²) in [5.74, 6) is 6.02. The van der Waals surface area contributed by atoms with Gasteiger partial charge < -0.3 is 0 Å². The van der Waals surface area contributed by atoms with Crippen molar-refractivity contribution in [2.45, 2.75) is 111 Å². The molecule has 5 rings (SSSR count). The molecule has 0 aromatic carbocycles. The summed E-state index contributed by atoms with van der Waals surface area (Å²) in [4.78, 5) is 0. The van der Waals surface area contributed by atoms with Gasteiger partial charge in [-0.05, 0) is 129 Å². The van der Waals surface area contributed by atoms with Crippen molar-refractivity contribution in [3.63, 3.8) is 0 Å². The number of fused-ring (bicyclic) bond motifs is 5. The van der Waals surface area contributed by atoms with E-state index in [4.69, 9.17) is 0 Å². The van der Waals surface area contributed by atoms with Crippen molar-refractivity contribution < 1.29 is 0 Å². The molecule has 5 fully saturated rings. The molecule has 0 N–H and O–H groups in total. The zero-order chi connectivity index (χ0) is 19.7. The average Bonchev–Trinajstić information content (AvgIpc) is 3.46. The molecule has 0 saturated heterocycles. The van der Waals surface area contributed by atoms with Crippen LogP contribution in [0.25, 0.3) is 0 Å². The second-order valence-electron chi connectivity index (χ2n) is 12.4. The quantitative estimate of drug-likeness (QED) is 0.428. The van der Waals surface area contributed by atoms with E-state index in [0.29, 0.717) is 10.8 Å². The molecule has 5 aliphatic carbocycles. The van der Waals surface area contributed by atoms with E-state index in [-0.39, 0.29) is 0 Å². The van der Waals surface area contributed by atoms with E-state index in [1.54, 1.807) is 44.1 Å². The second-order valence-corrected chi connectivity index (χ2v) is 12.4. The third kappa shape index (κ3) is 2.42. The Kier molecular flexibility index (Phi) is 4.65. The Morgan fingerprint density at radius 1 is 0.893 bits per heavy atom. The van der Waals surface area contributed by atoms with Crippen molar-refractivity contribution in [2.75, 3.05) is 0 Å². The van der Waals surface area contributed by atoms with Crippen LogP contribution in [0.4, 0.5) is 0 Å². The van der Waals surface area contributed by atoms with Crippen LogP contribution in [0.2, 0.25) is 0 Å². The van der Waals surface area contributed by atoms with E-state index < -0.39 is 0 Å². The van der Waals surface area contributed by atoms with Gasteiger partial charge in [0.15, 0.2) is 0 Å². The van der Waals surface area contributed by atoms with Crippen LogP contribution >= 0.6 is 0 Å². The van der Waals surface area contributed by atoms with Gasteiger partial charge in [0.05, 0.1) is 0 Å². The molecule has 5 saturated carbocycles. The second kappa shape index (κ2) is 6.62. The summed E-state index contributed by atoms with van der Waals surface area (Å²) < 4.78 is 0. The van der Waals surface area contributed by atoms with E-state index in [0.717, 1.165) is 40.9 Å². The standard InChI is InChI=1S/C28H46/c1-6-20(4)23-10-11-24-22-13-15-26(5)18-19(3)12-17-28(26,21-8-9-21)25(22)14-16-27(23,24)7-2/h19,21-25H,4,6-18H2,1-3,5H3. The fourth-order valence-electron chi connectivity index (χ4n) is 10.6. The van der Waals surface area contributed by atoms with Gasteiger partial charge in [0, 0.05) is 0 Å². The predicted molar refractivity (Wildman–Crippen MR) is 120 cm³/mol. The van der Waals surface area contributed by atoms with Gasteiger partial charge in [0.2, 0.25) is 0 Å². The van der Waals surface area contributed by atoms with Gasteiger partial charge in [-0.3, -0.25) is 0 Å². The molecule has 8 atom stereocenters. The lowest BCUT2D eigenvalue weighted by Crippen LogP contribution is -2.60. The number of hydrogen-bond donors (Lipinski definition) is 0. The molecule has 0 aromatic rings. The average molecular weight is 383 g/mol. The maximum atomic E-state index is 4.58. The first-order valence-corrected chi connectivity index (χ1v) is 13.1. The van der Waals surface area contributed by atoms with Crippen LogP contribution in [-0.4, -0.2) is 0 Å². The van der Waals surface area contributed by atoms with Crippen molar-refractivity contribution in [3.05, 3.63) is 12.2 Å². The molecule has 0 amide bonds. The Morgan fingerprint density at radius 2 is 1.68 bits per heavy atom. The normalized spacial score (nSPS) is 53.2. The van der Waals surface area contributed by atoms with Gasteiger partial charge >= 0.3 is 0 Å². The maximum Gasteiger partial charge on any atom is -0.0147 e. The highest BCUT2D eigenvalue weighted by molar-refractivity contribution is 5.20. The van der Waals surface area contributed by atoms with Crippen molar-refractivity contribution in [1.82, 2.24) is 0 Å². The summed E-state index contributed by atoms with van der Waals surface area (Å²) in [6.45, 7) is 14.8. The van der Waals surface area contributed by atoms with Crippen LogP contribution < -0.4 is 0 Å². The first-order chi connectivity index (χ1) is 13.4. The maximum absolute atomic E-state index is 4.58. The fourth-order valence-corrected chi connectivity index (χ4v) is 10.6. The van der Waals surface area contributed by atoms with Crippen molar-refractivity contribution in [2.24, 2.45) is 51.8 Å². The van der Waals surface area contributed by atoms with Crippen molar-refractivity contribution in [1.29, 1.82) is 0 Å². The zero-order valence-corrected chi connectivity index (χ0v) is 19.4. The van der Waals surface area contributed by atoms with E-state index in [2.05, 4.69) is 34.3 Å². The number of rotatable bonds is 4. The first-order valence-electron chi connectivity index (χ1n) is 13.1. The van der Waals surface area contributed by atoms with Crippen LogP contribution in [0.15, 0.2) is 12.2 Å². The third-order valence-electron chi connectivity index (χ3n) is 11.7. The lowest BCUT2D eigenvalue weighted by molar-refractivity contribution is -0.182. The highest BCUT2D eigenvalue weighted by Gasteiger charge is 2.68. The Labute approximate surface area is 175 Å². The summed E-state index contributed by atoms with van der Waals surface area (Å²) in [6.07, 6.45) is 19.5. The predicted octanol–water partition coefficient (Wildman–Crippen LogP) is 8.42. The Morgan fingerprint density at radius 3 is 2.36 bits per heavy atom. The zero-order valence-electron chi connectivity index (χ0n) is 19.4. The van der Waals surface area contributed by atoms with Gasteiger partial charge in [-0.2, -0.15) is 0 Å². The SMILES string of the molecule is C=C(CC)C1CCC2C3CCC4(C)CC(C)CCC4(C4CC4)C3CCC12CC. The van der Waals surface area contributed by atoms with Crippen molar-refractivity contribution >= 4 is 0 Å². The minimum atomic E-state index is 0.620. The Bertz CT molecular complexity index is 628. The summed E-state index contributed by atoms with van der Waals surface area (Å²) in [6, 6.07) is 0. The molecule has 5 aliphatic rings. The van der Waals surface area contributed by atoms with Gasteiger partial charge in [0.1, 0.15) is 0 Å². The summed E-state index contributed by atoms with van der Waals surface area (Å²) in [5.41, 5.74) is 3.59. The molecular weight excluding hydrogens is 336 g/mol. The molecule has 158 valence electrons. The highest BCUT2D eigenvalue weighted by atomic mass is 14.7. The lowest BCUT2D eigenvalue weighted by atomic mass is 9.37. The van der Waals surface area contributed by atoms with Crippen LogP contribution in [0.5, 0.6) is 0 Å². The van der Waals surface area contributed by atoms with Crippen molar-refractivity contribution in [3.8, 4) is 0 Å². The molecule has 28 heavy (non-hydrogen) atoms. The minimum Gasteiger partial charge on any atom is -0.0996 e. The minimum absolute atomic E-state index is 0.620. The molecule has 0 heterocycles. The molecule has 0 aliphatic heterocycles. The number of allylic oxidation sites excluding steroid dienone is 1. The molecule has 0 spiro atoms. The Hall–Kier alpha value is -0.260. The largest absolute Gasteiger partial charge is 0.0996 e. The molecule has 0 heteroatoms. The third-order valence-corrected chi connectivity index (χ3v) is 11.7. The summed E-state index contributed by atoms with van der Waals surface area (Å²) in [5, 5.41) is 0. The fraction of sp³-hybridized carbons (Fsp3) is 0.929. The molecule has 0 bridgehead atoms. The van der Waals surface area contributed by atoms with Gasteiger partial charge in [-0.25, -0.2) is 0 Å². The van der Waals surface area contributed by atoms with Crippen LogP contribution in [0.3, 0.4) is 0 Å². The molecule has 0 aromatic heterocycles. The first kappa shape index (κ1) is 19.7.